The largest absolute Gasteiger partial charge is 0.241 e. The number of rotatable bonds is 5. The average molecular weight is 353 g/mol. The lowest BCUT2D eigenvalue weighted by atomic mass is 10.1. The van der Waals surface area contributed by atoms with Gasteiger partial charge in [0.15, 0.2) is 9.84 Å². The average Bonchev–Trinajstić information content (AvgIpc) is 2.46. The van der Waals surface area contributed by atoms with Crippen LogP contribution in [0.5, 0.6) is 0 Å². The van der Waals surface area contributed by atoms with Crippen LogP contribution >= 0.6 is 0 Å². The molecule has 0 aliphatic heterocycles. The third-order valence-corrected chi connectivity index (χ3v) is 6.30. The van der Waals surface area contributed by atoms with Gasteiger partial charge in [0.2, 0.25) is 10.0 Å². The lowest BCUT2D eigenvalue weighted by Crippen LogP contribution is -2.27. The summed E-state index contributed by atoms with van der Waals surface area (Å²) in [4.78, 5) is -0.0426. The molecular weight excluding hydrogens is 334 g/mol. The van der Waals surface area contributed by atoms with Gasteiger partial charge in [0, 0.05) is 12.3 Å². The Hall–Kier alpha value is -1.70. The molecule has 0 bridgehead atoms. The lowest BCUT2D eigenvalue weighted by Gasteiger charge is -2.16. The summed E-state index contributed by atoms with van der Waals surface area (Å²) in [6.45, 7) is 3.37. The highest BCUT2D eigenvalue weighted by molar-refractivity contribution is 7.91. The van der Waals surface area contributed by atoms with Crippen LogP contribution in [0.1, 0.15) is 24.1 Å². The minimum absolute atomic E-state index is 0.0177. The number of benzene rings is 2. The van der Waals surface area contributed by atoms with Gasteiger partial charge < -0.3 is 0 Å². The van der Waals surface area contributed by atoms with Gasteiger partial charge in [0.1, 0.15) is 0 Å². The van der Waals surface area contributed by atoms with E-state index in [1.54, 1.807) is 13.8 Å². The molecule has 0 heterocycles. The van der Waals surface area contributed by atoms with Crippen LogP contribution in [0.2, 0.25) is 0 Å². The van der Waals surface area contributed by atoms with Crippen molar-refractivity contribution in [2.75, 3.05) is 6.26 Å². The summed E-state index contributed by atoms with van der Waals surface area (Å²) in [7, 11) is -7.31. The van der Waals surface area contributed by atoms with Crippen LogP contribution in [0.4, 0.5) is 0 Å². The minimum atomic E-state index is -3.84. The zero-order chi connectivity index (χ0) is 17.3. The first-order chi connectivity index (χ1) is 10.6. The highest BCUT2D eigenvalue weighted by Crippen LogP contribution is 2.22. The molecule has 124 valence electrons. The van der Waals surface area contributed by atoms with E-state index in [0.717, 1.165) is 11.8 Å². The fourth-order valence-corrected chi connectivity index (χ4v) is 4.43. The Morgan fingerprint density at radius 3 is 2.13 bits per heavy atom. The normalized spacial score (nSPS) is 13.7. The molecule has 0 spiro atoms. The van der Waals surface area contributed by atoms with Gasteiger partial charge in [0.05, 0.1) is 9.79 Å². The van der Waals surface area contributed by atoms with Crippen LogP contribution in [0, 0.1) is 6.92 Å². The first-order valence-corrected chi connectivity index (χ1v) is 10.4. The Balaban J connectivity index is 2.40. The molecule has 1 N–H and O–H groups in total. The second kappa shape index (κ2) is 6.43. The van der Waals surface area contributed by atoms with Gasteiger partial charge in [-0.25, -0.2) is 21.6 Å². The summed E-state index contributed by atoms with van der Waals surface area (Å²) in [5, 5.41) is 0. The van der Waals surface area contributed by atoms with Crippen molar-refractivity contribution in [3.8, 4) is 0 Å². The maximum Gasteiger partial charge on any atom is 0.241 e. The predicted molar refractivity (Wildman–Crippen MR) is 89.5 cm³/mol. The van der Waals surface area contributed by atoms with Crippen LogP contribution < -0.4 is 4.72 Å². The van der Waals surface area contributed by atoms with E-state index in [1.165, 1.54) is 18.2 Å². The topological polar surface area (TPSA) is 80.3 Å². The van der Waals surface area contributed by atoms with Crippen LogP contribution in [-0.4, -0.2) is 23.1 Å². The Labute approximate surface area is 137 Å². The molecule has 2 aromatic carbocycles. The molecule has 0 aliphatic rings. The van der Waals surface area contributed by atoms with Crippen LogP contribution in [-0.2, 0) is 19.9 Å². The number of aryl methyl sites for hydroxylation is 1. The van der Waals surface area contributed by atoms with Gasteiger partial charge >= 0.3 is 0 Å². The fraction of sp³-hybridized carbons (Fsp3) is 0.250. The molecule has 1 unspecified atom stereocenters. The van der Waals surface area contributed by atoms with E-state index < -0.39 is 25.9 Å². The lowest BCUT2D eigenvalue weighted by molar-refractivity contribution is 0.566. The first kappa shape index (κ1) is 17.7. The second-order valence-corrected chi connectivity index (χ2v) is 9.15. The van der Waals surface area contributed by atoms with Crippen LogP contribution in [0.3, 0.4) is 0 Å². The molecule has 5 nitrogen and oxygen atoms in total. The van der Waals surface area contributed by atoms with Crippen molar-refractivity contribution in [1.82, 2.24) is 4.72 Å². The smallest absolute Gasteiger partial charge is 0.224 e. The van der Waals surface area contributed by atoms with Crippen molar-refractivity contribution < 1.29 is 16.8 Å². The number of sulfonamides is 1. The van der Waals surface area contributed by atoms with Crippen molar-refractivity contribution >= 4 is 19.9 Å². The van der Waals surface area contributed by atoms with E-state index in [1.807, 2.05) is 30.3 Å². The summed E-state index contributed by atoms with van der Waals surface area (Å²) in [5.41, 5.74) is 1.32. The Bertz CT molecular complexity index is 904. The number of nitrogens with one attached hydrogen (secondary N) is 1. The molecule has 0 radical (unpaired) electrons. The molecule has 0 saturated heterocycles. The Morgan fingerprint density at radius 2 is 1.57 bits per heavy atom. The number of hydrogen-bond donors (Lipinski definition) is 1. The minimum Gasteiger partial charge on any atom is -0.224 e. The molecule has 0 aliphatic carbocycles. The van der Waals surface area contributed by atoms with Gasteiger partial charge in [-0.15, -0.1) is 0 Å². The maximum absolute atomic E-state index is 12.6. The van der Waals surface area contributed by atoms with E-state index >= 15 is 0 Å². The van der Waals surface area contributed by atoms with E-state index in [0.29, 0.717) is 5.56 Å². The molecule has 1 atom stereocenters. The van der Waals surface area contributed by atoms with Crippen LogP contribution in [0.25, 0.3) is 0 Å². The molecule has 7 heteroatoms. The molecule has 0 amide bonds. The quantitative estimate of drug-likeness (QED) is 0.895. The third kappa shape index (κ3) is 4.19. The Kier molecular flexibility index (Phi) is 4.93. The SMILES string of the molecule is Cc1ccc(S(C)(=O)=O)cc1S(=O)(=O)NC(C)c1ccccc1. The molecular formula is C16H19NO4S2. The van der Waals surface area contributed by atoms with E-state index in [2.05, 4.69) is 4.72 Å². The monoisotopic (exact) mass is 353 g/mol. The van der Waals surface area contributed by atoms with Gasteiger partial charge in [-0.3, -0.25) is 0 Å². The molecule has 0 fully saturated rings. The summed E-state index contributed by atoms with van der Waals surface area (Å²) >= 11 is 0. The van der Waals surface area contributed by atoms with Crippen molar-refractivity contribution in [3.05, 3.63) is 59.7 Å². The van der Waals surface area contributed by atoms with Crippen molar-refractivity contribution in [2.45, 2.75) is 29.7 Å². The standard InChI is InChI=1S/C16H19NO4S2/c1-12-9-10-15(22(3,18)19)11-16(12)23(20,21)17-13(2)14-7-5-4-6-8-14/h4-11,13,17H,1-3H3. The van der Waals surface area contributed by atoms with Gasteiger partial charge in [-0.1, -0.05) is 36.4 Å². The van der Waals surface area contributed by atoms with E-state index in [-0.39, 0.29) is 9.79 Å². The summed E-state index contributed by atoms with van der Waals surface area (Å²) in [6, 6.07) is 12.8. The predicted octanol–water partition coefficient (Wildman–Crippen LogP) is 2.44. The van der Waals surface area contributed by atoms with Crippen molar-refractivity contribution in [3.63, 3.8) is 0 Å². The van der Waals surface area contributed by atoms with E-state index in [4.69, 9.17) is 0 Å². The summed E-state index contributed by atoms with van der Waals surface area (Å²) in [5.74, 6) is 0. The summed E-state index contributed by atoms with van der Waals surface area (Å²) < 4.78 is 51.1. The zero-order valence-corrected chi connectivity index (χ0v) is 14.8. The molecule has 2 rings (SSSR count). The zero-order valence-electron chi connectivity index (χ0n) is 13.1. The highest BCUT2D eigenvalue weighted by atomic mass is 32.2. The first-order valence-electron chi connectivity index (χ1n) is 6.99. The van der Waals surface area contributed by atoms with E-state index in [9.17, 15) is 16.8 Å². The Morgan fingerprint density at radius 1 is 0.957 bits per heavy atom. The van der Waals surface area contributed by atoms with Crippen molar-refractivity contribution in [1.29, 1.82) is 0 Å². The van der Waals surface area contributed by atoms with Crippen LogP contribution in [0.15, 0.2) is 58.3 Å². The second-order valence-electron chi connectivity index (χ2n) is 5.45. The van der Waals surface area contributed by atoms with Crippen molar-refractivity contribution in [2.24, 2.45) is 0 Å². The highest BCUT2D eigenvalue weighted by Gasteiger charge is 2.22. The number of hydrogen-bond acceptors (Lipinski definition) is 4. The number of sulfone groups is 1. The molecule has 23 heavy (non-hydrogen) atoms. The maximum atomic E-state index is 12.6. The van der Waals surface area contributed by atoms with Gasteiger partial charge in [-0.2, -0.15) is 0 Å². The molecule has 0 aromatic heterocycles. The van der Waals surface area contributed by atoms with Gasteiger partial charge in [-0.05, 0) is 37.1 Å². The fourth-order valence-electron chi connectivity index (χ4n) is 2.21. The molecule has 0 saturated carbocycles. The molecule has 2 aromatic rings. The third-order valence-electron chi connectivity index (χ3n) is 3.51. The van der Waals surface area contributed by atoms with Gasteiger partial charge in [0.25, 0.3) is 0 Å². The summed E-state index contributed by atoms with van der Waals surface area (Å²) in [6.07, 6.45) is 1.05.